The van der Waals surface area contributed by atoms with Crippen LogP contribution < -0.4 is 5.32 Å². The summed E-state index contributed by atoms with van der Waals surface area (Å²) in [7, 11) is 0. The summed E-state index contributed by atoms with van der Waals surface area (Å²) in [6.07, 6.45) is 2.95. The van der Waals surface area contributed by atoms with Crippen molar-refractivity contribution in [1.29, 1.82) is 0 Å². The molecule has 2 aromatic rings. The summed E-state index contributed by atoms with van der Waals surface area (Å²) in [6, 6.07) is 20.4. The van der Waals surface area contributed by atoms with E-state index in [1.165, 1.54) is 0 Å². The molecule has 1 aliphatic heterocycles. The van der Waals surface area contributed by atoms with Gasteiger partial charge in [0.15, 0.2) is 0 Å². The topological polar surface area (TPSA) is 32.3 Å². The van der Waals surface area contributed by atoms with Gasteiger partial charge in [-0.1, -0.05) is 67.6 Å². The number of hydrogen-bond acceptors (Lipinski definition) is 2. The normalized spacial score (nSPS) is 18.1. The Balaban J connectivity index is 2.19. The molecule has 22 heavy (non-hydrogen) atoms. The smallest absolute Gasteiger partial charge is 0.120 e. The van der Waals surface area contributed by atoms with Gasteiger partial charge < -0.3 is 10.4 Å². The third-order valence-corrected chi connectivity index (χ3v) is 5.39. The lowest BCUT2D eigenvalue weighted by molar-refractivity contribution is -0.0781. The van der Waals surface area contributed by atoms with Crippen LogP contribution in [-0.2, 0) is 5.60 Å². The zero-order valence-corrected chi connectivity index (χ0v) is 13.3. The van der Waals surface area contributed by atoms with Crippen molar-refractivity contribution in [3.05, 3.63) is 71.8 Å². The molecule has 1 heterocycles. The number of aliphatic hydroxyl groups is 1. The molecule has 1 fully saturated rings. The molecule has 0 bridgehead atoms. The lowest BCUT2D eigenvalue weighted by Crippen LogP contribution is -2.51. The zero-order valence-electron chi connectivity index (χ0n) is 13.3. The Kier molecular flexibility index (Phi) is 4.32. The molecule has 1 aliphatic rings. The van der Waals surface area contributed by atoms with Gasteiger partial charge in [-0.3, -0.25) is 0 Å². The van der Waals surface area contributed by atoms with Gasteiger partial charge in [0, 0.05) is 5.41 Å². The molecule has 0 aromatic heterocycles. The number of piperidine rings is 1. The number of benzene rings is 2. The molecule has 2 N–H and O–H groups in total. The minimum absolute atomic E-state index is 0.124. The highest BCUT2D eigenvalue weighted by molar-refractivity contribution is 5.39. The van der Waals surface area contributed by atoms with Crippen molar-refractivity contribution in [2.45, 2.75) is 31.8 Å². The van der Waals surface area contributed by atoms with E-state index in [9.17, 15) is 5.11 Å². The molecular formula is C20H25NO. The van der Waals surface area contributed by atoms with Crippen molar-refractivity contribution in [1.82, 2.24) is 5.32 Å². The molecule has 0 aliphatic carbocycles. The SMILES string of the molecule is CCC1(C(O)(c2ccccc2)c2ccccc2)CCNCC1. The van der Waals surface area contributed by atoms with Gasteiger partial charge in [0.05, 0.1) is 0 Å². The first kappa shape index (κ1) is 15.3. The van der Waals surface area contributed by atoms with Crippen LogP contribution in [0.25, 0.3) is 0 Å². The Labute approximate surface area is 133 Å². The van der Waals surface area contributed by atoms with Crippen LogP contribution >= 0.6 is 0 Å². The van der Waals surface area contributed by atoms with E-state index in [1.807, 2.05) is 36.4 Å². The highest BCUT2D eigenvalue weighted by atomic mass is 16.3. The van der Waals surface area contributed by atoms with Crippen LogP contribution in [0.2, 0.25) is 0 Å². The summed E-state index contributed by atoms with van der Waals surface area (Å²) >= 11 is 0. The maximum Gasteiger partial charge on any atom is 0.120 e. The van der Waals surface area contributed by atoms with Crippen LogP contribution in [0, 0.1) is 5.41 Å². The van der Waals surface area contributed by atoms with Crippen molar-refractivity contribution >= 4 is 0 Å². The van der Waals surface area contributed by atoms with E-state index >= 15 is 0 Å². The summed E-state index contributed by atoms with van der Waals surface area (Å²) in [4.78, 5) is 0. The van der Waals surface area contributed by atoms with E-state index in [2.05, 4.69) is 36.5 Å². The van der Waals surface area contributed by atoms with Crippen LogP contribution in [0.1, 0.15) is 37.3 Å². The van der Waals surface area contributed by atoms with Crippen LogP contribution in [0.4, 0.5) is 0 Å². The van der Waals surface area contributed by atoms with E-state index in [1.54, 1.807) is 0 Å². The number of nitrogens with one attached hydrogen (secondary N) is 1. The van der Waals surface area contributed by atoms with Gasteiger partial charge in [-0.2, -0.15) is 0 Å². The highest BCUT2D eigenvalue weighted by Crippen LogP contribution is 2.52. The first-order valence-electron chi connectivity index (χ1n) is 8.27. The largest absolute Gasteiger partial charge is 0.380 e. The molecule has 0 atom stereocenters. The molecule has 1 saturated heterocycles. The second-order valence-electron chi connectivity index (χ2n) is 6.33. The van der Waals surface area contributed by atoms with E-state index in [4.69, 9.17) is 0 Å². The Morgan fingerprint density at radius 2 is 1.36 bits per heavy atom. The second-order valence-corrected chi connectivity index (χ2v) is 6.33. The van der Waals surface area contributed by atoms with Gasteiger partial charge in [0.2, 0.25) is 0 Å². The van der Waals surface area contributed by atoms with Gasteiger partial charge in [-0.25, -0.2) is 0 Å². The Bertz CT molecular complexity index is 548. The summed E-state index contributed by atoms with van der Waals surface area (Å²) in [5.41, 5.74) is 0.947. The number of rotatable bonds is 4. The van der Waals surface area contributed by atoms with E-state index in [0.29, 0.717) is 0 Å². The molecule has 2 aromatic carbocycles. The van der Waals surface area contributed by atoms with Gasteiger partial charge >= 0.3 is 0 Å². The fourth-order valence-corrected chi connectivity index (χ4v) is 4.01. The van der Waals surface area contributed by atoms with E-state index in [-0.39, 0.29) is 5.41 Å². The minimum Gasteiger partial charge on any atom is -0.380 e. The first-order valence-corrected chi connectivity index (χ1v) is 8.27. The summed E-state index contributed by atoms with van der Waals surface area (Å²) in [6.45, 7) is 4.15. The van der Waals surface area contributed by atoms with Crippen molar-refractivity contribution in [2.24, 2.45) is 5.41 Å². The van der Waals surface area contributed by atoms with Gasteiger partial charge in [-0.05, 0) is 43.5 Å². The Morgan fingerprint density at radius 1 is 0.909 bits per heavy atom. The van der Waals surface area contributed by atoms with Crippen LogP contribution in [-0.4, -0.2) is 18.2 Å². The molecule has 3 rings (SSSR count). The van der Waals surface area contributed by atoms with Gasteiger partial charge in [0.25, 0.3) is 0 Å². The molecule has 2 nitrogen and oxygen atoms in total. The van der Waals surface area contributed by atoms with Crippen LogP contribution in [0.3, 0.4) is 0 Å². The lowest BCUT2D eigenvalue weighted by Gasteiger charge is -2.50. The Hall–Kier alpha value is -1.64. The predicted molar refractivity (Wildman–Crippen MR) is 90.7 cm³/mol. The summed E-state index contributed by atoms with van der Waals surface area (Å²) < 4.78 is 0. The molecule has 2 heteroatoms. The quantitative estimate of drug-likeness (QED) is 0.901. The van der Waals surface area contributed by atoms with Crippen molar-refractivity contribution in [3.63, 3.8) is 0 Å². The maximum absolute atomic E-state index is 12.0. The average Bonchev–Trinajstić information content (AvgIpc) is 2.63. The van der Waals surface area contributed by atoms with E-state index < -0.39 is 5.60 Å². The number of hydrogen-bond donors (Lipinski definition) is 2. The average molecular weight is 295 g/mol. The summed E-state index contributed by atoms with van der Waals surface area (Å²) in [5.74, 6) is 0. The van der Waals surface area contributed by atoms with Crippen LogP contribution in [0.15, 0.2) is 60.7 Å². The molecule has 116 valence electrons. The lowest BCUT2D eigenvalue weighted by atomic mass is 9.59. The molecule has 0 radical (unpaired) electrons. The third-order valence-electron chi connectivity index (χ3n) is 5.39. The van der Waals surface area contributed by atoms with Crippen molar-refractivity contribution < 1.29 is 5.11 Å². The van der Waals surface area contributed by atoms with Crippen LogP contribution in [0.5, 0.6) is 0 Å². The molecule has 0 unspecified atom stereocenters. The monoisotopic (exact) mass is 295 g/mol. The molecule has 0 spiro atoms. The van der Waals surface area contributed by atoms with E-state index in [0.717, 1.165) is 43.5 Å². The third kappa shape index (κ3) is 2.37. The first-order chi connectivity index (χ1) is 10.7. The highest BCUT2D eigenvalue weighted by Gasteiger charge is 2.51. The minimum atomic E-state index is -0.938. The zero-order chi connectivity index (χ0) is 15.5. The fraction of sp³-hybridized carbons (Fsp3) is 0.400. The molecular weight excluding hydrogens is 270 g/mol. The van der Waals surface area contributed by atoms with Crippen molar-refractivity contribution in [3.8, 4) is 0 Å². The van der Waals surface area contributed by atoms with Gasteiger partial charge in [-0.15, -0.1) is 0 Å². The molecule has 0 amide bonds. The fourth-order valence-electron chi connectivity index (χ4n) is 4.01. The standard InChI is InChI=1S/C20H25NO/c1-2-19(13-15-21-16-14-19)20(22,17-9-5-3-6-10-17)18-11-7-4-8-12-18/h3-12,21-22H,2,13-16H2,1H3. The Morgan fingerprint density at radius 3 is 1.77 bits per heavy atom. The maximum atomic E-state index is 12.0. The predicted octanol–water partition coefficient (Wildman–Crippen LogP) is 3.70. The second kappa shape index (κ2) is 6.23. The summed E-state index contributed by atoms with van der Waals surface area (Å²) in [5, 5.41) is 15.4. The van der Waals surface area contributed by atoms with Gasteiger partial charge in [0.1, 0.15) is 5.60 Å². The molecule has 0 saturated carbocycles. The van der Waals surface area contributed by atoms with Crippen molar-refractivity contribution in [2.75, 3.05) is 13.1 Å².